The van der Waals surface area contributed by atoms with E-state index >= 15 is 0 Å². The van der Waals surface area contributed by atoms with Crippen LogP contribution in [0, 0.1) is 10.1 Å². The highest BCUT2D eigenvalue weighted by atomic mass is 32.1. The van der Waals surface area contributed by atoms with Crippen molar-refractivity contribution in [2.45, 2.75) is 25.7 Å². The summed E-state index contributed by atoms with van der Waals surface area (Å²) in [4.78, 5) is 22.4. The molecule has 0 spiro atoms. The maximum absolute atomic E-state index is 11.0. The molecule has 0 fully saturated rings. The summed E-state index contributed by atoms with van der Waals surface area (Å²) in [5, 5.41) is 20.1. The van der Waals surface area contributed by atoms with Gasteiger partial charge in [-0.25, -0.2) is 9.97 Å². The number of nitrogens with zero attached hydrogens (tertiary/aromatic N) is 5. The van der Waals surface area contributed by atoms with Gasteiger partial charge in [0.05, 0.1) is 22.7 Å². The van der Waals surface area contributed by atoms with Gasteiger partial charge in [0, 0.05) is 15.8 Å². The van der Waals surface area contributed by atoms with Crippen LogP contribution in [0.15, 0.2) is 29.1 Å². The predicted molar refractivity (Wildman–Crippen MR) is 101 cm³/mol. The summed E-state index contributed by atoms with van der Waals surface area (Å²) in [7, 11) is 0. The number of fused-ring (bicyclic) bond motifs is 3. The summed E-state index contributed by atoms with van der Waals surface area (Å²) in [6.45, 7) is 0. The van der Waals surface area contributed by atoms with Gasteiger partial charge in [0.1, 0.15) is 4.83 Å². The predicted octanol–water partition coefficient (Wildman–Crippen LogP) is 4.39. The molecular formula is C17H13N5O2S2. The lowest BCUT2D eigenvalue weighted by atomic mass is 9.97. The van der Waals surface area contributed by atoms with Gasteiger partial charge in [-0.2, -0.15) is 11.3 Å². The largest absolute Gasteiger partial charge is 0.390 e. The summed E-state index contributed by atoms with van der Waals surface area (Å²) in [5.41, 5.74) is 2.23. The molecule has 4 aromatic rings. The smallest absolute Gasteiger partial charge is 0.358 e. The second-order valence-electron chi connectivity index (χ2n) is 6.15. The maximum Gasteiger partial charge on any atom is 0.390 e. The van der Waals surface area contributed by atoms with Crippen molar-refractivity contribution < 1.29 is 4.92 Å². The molecule has 0 aromatic carbocycles. The first kappa shape index (κ1) is 15.6. The number of nitro groups is 1. The minimum absolute atomic E-state index is 0.182. The fourth-order valence-corrected chi connectivity index (χ4v) is 5.24. The zero-order valence-electron chi connectivity index (χ0n) is 13.6. The number of thiophene rings is 2. The van der Waals surface area contributed by atoms with Crippen LogP contribution in [0.1, 0.15) is 23.3 Å². The van der Waals surface area contributed by atoms with Crippen LogP contribution in [0.5, 0.6) is 0 Å². The molecule has 0 atom stereocenters. The van der Waals surface area contributed by atoms with Crippen LogP contribution in [-0.2, 0) is 12.8 Å². The fourth-order valence-electron chi connectivity index (χ4n) is 3.35. The van der Waals surface area contributed by atoms with Crippen molar-refractivity contribution in [3.63, 3.8) is 0 Å². The van der Waals surface area contributed by atoms with Crippen molar-refractivity contribution in [1.82, 2.24) is 19.7 Å². The molecule has 1 aliphatic rings. The van der Waals surface area contributed by atoms with E-state index in [-0.39, 0.29) is 5.82 Å². The standard InChI is InChI=1S/C17H13N5O2S2/c23-22(24)13-5-7-21(20-13)16-14-11-3-1-2-4-12(11)26-17(14)19-15(18-16)10-6-8-25-9-10/h5-9H,1-4H2. The van der Waals surface area contributed by atoms with Crippen LogP contribution in [0.3, 0.4) is 0 Å². The van der Waals surface area contributed by atoms with Crippen LogP contribution in [0.25, 0.3) is 27.4 Å². The van der Waals surface area contributed by atoms with E-state index in [1.807, 2.05) is 16.8 Å². The van der Waals surface area contributed by atoms with E-state index in [1.165, 1.54) is 27.6 Å². The van der Waals surface area contributed by atoms with E-state index in [9.17, 15) is 10.1 Å². The Morgan fingerprint density at radius 2 is 2.08 bits per heavy atom. The summed E-state index contributed by atoms with van der Waals surface area (Å²) < 4.78 is 1.51. The number of hydrogen-bond acceptors (Lipinski definition) is 7. The molecule has 130 valence electrons. The van der Waals surface area contributed by atoms with Crippen LogP contribution >= 0.6 is 22.7 Å². The number of aromatic nitrogens is 4. The van der Waals surface area contributed by atoms with Crippen LogP contribution in [-0.4, -0.2) is 24.7 Å². The molecule has 1 aliphatic carbocycles. The second-order valence-corrected chi connectivity index (χ2v) is 8.01. The van der Waals surface area contributed by atoms with Gasteiger partial charge in [-0.1, -0.05) is 0 Å². The highest BCUT2D eigenvalue weighted by Gasteiger charge is 2.24. The Balaban J connectivity index is 1.80. The van der Waals surface area contributed by atoms with Gasteiger partial charge in [-0.05, 0) is 47.6 Å². The van der Waals surface area contributed by atoms with Gasteiger partial charge >= 0.3 is 5.82 Å². The van der Waals surface area contributed by atoms with Gasteiger partial charge in [0.15, 0.2) is 11.6 Å². The molecule has 26 heavy (non-hydrogen) atoms. The van der Waals surface area contributed by atoms with Gasteiger partial charge in [-0.15, -0.1) is 16.0 Å². The summed E-state index contributed by atoms with van der Waals surface area (Å²) in [5.74, 6) is 1.08. The van der Waals surface area contributed by atoms with E-state index in [0.717, 1.165) is 35.0 Å². The Bertz CT molecular complexity index is 1130. The SMILES string of the molecule is O=[N+]([O-])c1ccn(-c2nc(-c3ccsc3)nc3sc4c(c23)CCCC4)n1. The molecule has 0 bridgehead atoms. The number of hydrogen-bond donors (Lipinski definition) is 0. The van der Waals surface area contributed by atoms with Crippen molar-refractivity contribution >= 4 is 38.7 Å². The Hall–Kier alpha value is -2.65. The average Bonchev–Trinajstić information content (AvgIpc) is 3.38. The third kappa shape index (κ3) is 2.43. The van der Waals surface area contributed by atoms with Gasteiger partial charge in [-0.3, -0.25) is 0 Å². The quantitative estimate of drug-likeness (QED) is 0.387. The van der Waals surface area contributed by atoms with Crippen molar-refractivity contribution in [2.24, 2.45) is 0 Å². The number of aryl methyl sites for hydroxylation is 2. The topological polar surface area (TPSA) is 86.7 Å². The molecule has 9 heteroatoms. The van der Waals surface area contributed by atoms with Crippen LogP contribution in [0.2, 0.25) is 0 Å². The molecule has 0 aliphatic heterocycles. The molecule has 0 amide bonds. The molecule has 0 unspecified atom stereocenters. The van der Waals surface area contributed by atoms with E-state index in [2.05, 4.69) is 5.10 Å². The average molecular weight is 383 g/mol. The first-order valence-corrected chi connectivity index (χ1v) is 10.0. The van der Waals surface area contributed by atoms with Crippen LogP contribution < -0.4 is 0 Å². The normalized spacial score (nSPS) is 13.8. The van der Waals surface area contributed by atoms with Gasteiger partial charge in [0.2, 0.25) is 0 Å². The summed E-state index contributed by atoms with van der Waals surface area (Å²) >= 11 is 3.30. The highest BCUT2D eigenvalue weighted by Crippen LogP contribution is 2.39. The van der Waals surface area contributed by atoms with Crippen molar-refractivity contribution in [3.05, 3.63) is 49.6 Å². The zero-order chi connectivity index (χ0) is 17.7. The van der Waals surface area contributed by atoms with Gasteiger partial charge < -0.3 is 10.1 Å². The first-order valence-electron chi connectivity index (χ1n) is 8.26. The molecule has 7 nitrogen and oxygen atoms in total. The third-order valence-corrected chi connectivity index (χ3v) is 6.42. The minimum Gasteiger partial charge on any atom is -0.358 e. The van der Waals surface area contributed by atoms with Crippen molar-refractivity contribution in [3.8, 4) is 17.2 Å². The van der Waals surface area contributed by atoms with Gasteiger partial charge in [0.25, 0.3) is 0 Å². The van der Waals surface area contributed by atoms with E-state index in [0.29, 0.717) is 11.6 Å². The Kier molecular flexibility index (Phi) is 3.57. The molecule has 4 aromatic heterocycles. The maximum atomic E-state index is 11.0. The molecule has 0 saturated carbocycles. The lowest BCUT2D eigenvalue weighted by molar-refractivity contribution is -0.389. The summed E-state index contributed by atoms with van der Waals surface area (Å²) in [6.07, 6.45) is 5.98. The summed E-state index contributed by atoms with van der Waals surface area (Å²) in [6, 6.07) is 3.38. The molecule has 0 N–H and O–H groups in total. The van der Waals surface area contributed by atoms with E-state index < -0.39 is 4.92 Å². The van der Waals surface area contributed by atoms with E-state index in [4.69, 9.17) is 9.97 Å². The van der Waals surface area contributed by atoms with Crippen molar-refractivity contribution in [2.75, 3.05) is 0 Å². The van der Waals surface area contributed by atoms with Crippen molar-refractivity contribution in [1.29, 1.82) is 0 Å². The monoisotopic (exact) mass is 383 g/mol. The minimum atomic E-state index is -0.488. The lowest BCUT2D eigenvalue weighted by Crippen LogP contribution is -2.05. The zero-order valence-corrected chi connectivity index (χ0v) is 15.2. The Morgan fingerprint density at radius 1 is 1.19 bits per heavy atom. The Morgan fingerprint density at radius 3 is 2.85 bits per heavy atom. The molecule has 0 radical (unpaired) electrons. The molecule has 0 saturated heterocycles. The van der Waals surface area contributed by atoms with E-state index in [1.54, 1.807) is 28.9 Å². The molecule has 4 heterocycles. The molecule has 5 rings (SSSR count). The lowest BCUT2D eigenvalue weighted by Gasteiger charge is -2.11. The number of rotatable bonds is 3. The molecular weight excluding hydrogens is 370 g/mol. The highest BCUT2D eigenvalue weighted by molar-refractivity contribution is 7.19. The Labute approximate surface area is 156 Å². The second kappa shape index (κ2) is 5.96. The third-order valence-electron chi connectivity index (χ3n) is 4.55. The first-order chi connectivity index (χ1) is 12.7. The fraction of sp³-hybridized carbons (Fsp3) is 0.235. The van der Waals surface area contributed by atoms with Crippen LogP contribution in [0.4, 0.5) is 5.82 Å².